The number of anilines is 1. The Bertz CT molecular complexity index is 901. The molecule has 0 radical (unpaired) electrons. The van der Waals surface area contributed by atoms with Gasteiger partial charge in [0.25, 0.3) is 5.91 Å². The van der Waals surface area contributed by atoms with Crippen LogP contribution < -0.4 is 24.6 Å². The van der Waals surface area contributed by atoms with Crippen LogP contribution in [0.3, 0.4) is 0 Å². The molecule has 0 spiro atoms. The molecule has 2 aromatic rings. The van der Waals surface area contributed by atoms with Crippen molar-refractivity contribution < 1.29 is 32.8 Å². The van der Waals surface area contributed by atoms with Crippen molar-refractivity contribution >= 4 is 11.6 Å². The monoisotopic (exact) mass is 405 g/mol. The number of quaternary nitrogens is 2. The molecule has 0 aliphatic carbocycles. The van der Waals surface area contributed by atoms with E-state index >= 15 is 0 Å². The van der Waals surface area contributed by atoms with E-state index in [0.29, 0.717) is 0 Å². The van der Waals surface area contributed by atoms with Crippen molar-refractivity contribution in [2.75, 3.05) is 38.3 Å². The van der Waals surface area contributed by atoms with Gasteiger partial charge in [-0.3, -0.25) is 4.79 Å². The summed E-state index contributed by atoms with van der Waals surface area (Å²) in [5, 5.41) is 2.52. The van der Waals surface area contributed by atoms with Gasteiger partial charge in [-0.1, -0.05) is 0 Å². The standard InChI is InChI=1S/C21H23F2N3O3/c1-14(21(27)24-18-11-16(22)3-4-17(18)23)26-8-6-25(7-9-26)12-15-2-5-19-20(10-15)29-13-28-19/h2-5,10-11,14H,6-9,12-13H2,1H3,(H,24,27)/p+2/t14-/m1/s1. The van der Waals surface area contributed by atoms with E-state index in [2.05, 4.69) is 11.4 Å². The number of nitrogens with one attached hydrogen (secondary N) is 3. The summed E-state index contributed by atoms with van der Waals surface area (Å²) in [6.07, 6.45) is 0. The molecule has 1 fully saturated rings. The van der Waals surface area contributed by atoms with Crippen LogP contribution in [-0.4, -0.2) is 44.9 Å². The largest absolute Gasteiger partial charge is 0.454 e. The van der Waals surface area contributed by atoms with Gasteiger partial charge in [-0.2, -0.15) is 0 Å². The quantitative estimate of drug-likeness (QED) is 0.657. The molecule has 6 nitrogen and oxygen atoms in total. The van der Waals surface area contributed by atoms with Gasteiger partial charge in [-0.05, 0) is 37.3 Å². The van der Waals surface area contributed by atoms with E-state index in [1.54, 1.807) is 0 Å². The van der Waals surface area contributed by atoms with E-state index in [1.165, 1.54) is 10.5 Å². The van der Waals surface area contributed by atoms with Crippen LogP contribution in [0.5, 0.6) is 11.5 Å². The normalized spacial score (nSPS) is 21.6. The predicted molar refractivity (Wildman–Crippen MR) is 102 cm³/mol. The van der Waals surface area contributed by atoms with Crippen molar-refractivity contribution in [3.05, 3.63) is 53.6 Å². The maximum absolute atomic E-state index is 13.8. The molecule has 0 aromatic heterocycles. The lowest BCUT2D eigenvalue weighted by Crippen LogP contribution is -3.29. The number of benzene rings is 2. The second-order valence-electron chi connectivity index (χ2n) is 7.61. The van der Waals surface area contributed by atoms with E-state index in [1.807, 2.05) is 19.1 Å². The summed E-state index contributed by atoms with van der Waals surface area (Å²) >= 11 is 0. The van der Waals surface area contributed by atoms with Crippen LogP contribution in [0.15, 0.2) is 36.4 Å². The van der Waals surface area contributed by atoms with Gasteiger partial charge in [-0.15, -0.1) is 0 Å². The lowest BCUT2D eigenvalue weighted by atomic mass is 10.1. The third-order valence-corrected chi connectivity index (χ3v) is 5.68. The molecular weight excluding hydrogens is 380 g/mol. The van der Waals surface area contributed by atoms with Gasteiger partial charge in [0.2, 0.25) is 6.79 Å². The third-order valence-electron chi connectivity index (χ3n) is 5.68. The number of hydrogen-bond acceptors (Lipinski definition) is 3. The predicted octanol–water partition coefficient (Wildman–Crippen LogP) is 0.00410. The SMILES string of the molecule is C[C@H](C(=O)Nc1cc(F)ccc1F)[NH+]1CC[NH+](Cc2ccc3c(c2)OCO3)CC1. The van der Waals surface area contributed by atoms with Crippen molar-refractivity contribution in [2.45, 2.75) is 19.5 Å². The molecule has 1 amide bonds. The molecule has 4 rings (SSSR count). The summed E-state index contributed by atoms with van der Waals surface area (Å²) in [6.45, 7) is 6.50. The molecule has 29 heavy (non-hydrogen) atoms. The number of amides is 1. The molecule has 0 saturated carbocycles. The minimum absolute atomic E-state index is 0.117. The van der Waals surface area contributed by atoms with Crippen LogP contribution in [0.4, 0.5) is 14.5 Å². The van der Waals surface area contributed by atoms with Crippen molar-refractivity contribution in [1.82, 2.24) is 0 Å². The Hall–Kier alpha value is -2.71. The fourth-order valence-corrected chi connectivity index (χ4v) is 3.89. The summed E-state index contributed by atoms with van der Waals surface area (Å²) in [7, 11) is 0. The number of carbonyl (C=O) groups excluding carboxylic acids is 1. The van der Waals surface area contributed by atoms with E-state index in [9.17, 15) is 13.6 Å². The second-order valence-corrected chi connectivity index (χ2v) is 7.61. The van der Waals surface area contributed by atoms with Crippen molar-refractivity contribution in [2.24, 2.45) is 0 Å². The highest BCUT2D eigenvalue weighted by atomic mass is 19.1. The first kappa shape index (κ1) is 19.6. The zero-order chi connectivity index (χ0) is 20.4. The number of fused-ring (bicyclic) bond motifs is 1. The highest BCUT2D eigenvalue weighted by molar-refractivity contribution is 5.93. The topological polar surface area (TPSA) is 56.4 Å². The minimum atomic E-state index is -0.639. The molecule has 2 aromatic carbocycles. The fraction of sp³-hybridized carbons (Fsp3) is 0.381. The molecule has 1 saturated heterocycles. The zero-order valence-corrected chi connectivity index (χ0v) is 16.3. The fourth-order valence-electron chi connectivity index (χ4n) is 3.89. The summed E-state index contributed by atoms with van der Waals surface area (Å²) in [4.78, 5) is 15.1. The van der Waals surface area contributed by atoms with Gasteiger partial charge in [0, 0.05) is 11.6 Å². The van der Waals surface area contributed by atoms with Gasteiger partial charge in [0.15, 0.2) is 17.5 Å². The highest BCUT2D eigenvalue weighted by Gasteiger charge is 2.31. The number of halogens is 2. The summed E-state index contributed by atoms with van der Waals surface area (Å²) < 4.78 is 37.9. The highest BCUT2D eigenvalue weighted by Crippen LogP contribution is 2.32. The number of piperazine rings is 1. The average Bonchev–Trinajstić information content (AvgIpc) is 3.18. The Labute approximate surface area is 168 Å². The molecule has 2 heterocycles. The maximum atomic E-state index is 13.8. The van der Waals surface area contributed by atoms with Crippen LogP contribution in [-0.2, 0) is 11.3 Å². The molecule has 2 aliphatic rings. The van der Waals surface area contributed by atoms with Gasteiger partial charge in [0.05, 0.1) is 5.69 Å². The first-order valence-corrected chi connectivity index (χ1v) is 9.82. The smallest absolute Gasteiger partial charge is 0.282 e. The third kappa shape index (κ3) is 4.49. The van der Waals surface area contributed by atoms with Gasteiger partial charge >= 0.3 is 0 Å². The lowest BCUT2D eigenvalue weighted by Gasteiger charge is -2.32. The second kappa shape index (κ2) is 8.34. The Balaban J connectivity index is 1.29. The molecule has 0 bridgehead atoms. The van der Waals surface area contributed by atoms with Gasteiger partial charge < -0.3 is 24.6 Å². The van der Waals surface area contributed by atoms with Crippen LogP contribution in [0.1, 0.15) is 12.5 Å². The molecule has 0 unspecified atom stereocenters. The number of hydrogen-bond donors (Lipinski definition) is 3. The van der Waals surface area contributed by atoms with Crippen molar-refractivity contribution in [3.63, 3.8) is 0 Å². The Morgan fingerprint density at radius 3 is 2.62 bits per heavy atom. The lowest BCUT2D eigenvalue weighted by molar-refractivity contribution is -1.02. The van der Waals surface area contributed by atoms with Crippen molar-refractivity contribution in [1.29, 1.82) is 0 Å². The van der Waals surface area contributed by atoms with Gasteiger partial charge in [0.1, 0.15) is 44.4 Å². The molecule has 8 heteroatoms. The summed E-state index contributed by atoms with van der Waals surface area (Å²) in [6, 6.07) is 8.73. The first-order valence-electron chi connectivity index (χ1n) is 9.82. The van der Waals surface area contributed by atoms with E-state index in [0.717, 1.165) is 67.3 Å². The van der Waals surface area contributed by atoms with Crippen LogP contribution in [0.25, 0.3) is 0 Å². The van der Waals surface area contributed by atoms with Crippen molar-refractivity contribution in [3.8, 4) is 11.5 Å². The number of ether oxygens (including phenoxy) is 2. The molecule has 154 valence electrons. The number of carbonyl (C=O) groups is 1. The minimum Gasteiger partial charge on any atom is -0.454 e. The van der Waals surface area contributed by atoms with E-state index in [-0.39, 0.29) is 24.4 Å². The zero-order valence-electron chi connectivity index (χ0n) is 16.3. The van der Waals surface area contributed by atoms with E-state index < -0.39 is 11.6 Å². The van der Waals surface area contributed by atoms with E-state index in [4.69, 9.17) is 9.47 Å². The van der Waals surface area contributed by atoms with Crippen LogP contribution in [0.2, 0.25) is 0 Å². The molecular formula is C21H25F2N3O3+2. The van der Waals surface area contributed by atoms with Crippen LogP contribution >= 0.6 is 0 Å². The van der Waals surface area contributed by atoms with Crippen LogP contribution in [0, 0.1) is 11.6 Å². The summed E-state index contributed by atoms with van der Waals surface area (Å²) in [5.74, 6) is 0.0553. The first-order chi connectivity index (χ1) is 14.0. The Morgan fingerprint density at radius 2 is 1.83 bits per heavy atom. The Morgan fingerprint density at radius 1 is 1.07 bits per heavy atom. The molecule has 2 aliphatic heterocycles. The summed E-state index contributed by atoms with van der Waals surface area (Å²) in [5.41, 5.74) is 1.08. The maximum Gasteiger partial charge on any atom is 0.282 e. The number of rotatable bonds is 5. The Kier molecular flexibility index (Phi) is 5.64. The molecule has 1 atom stereocenters. The van der Waals surface area contributed by atoms with Gasteiger partial charge in [-0.25, -0.2) is 8.78 Å². The molecule has 3 N–H and O–H groups in total. The average molecular weight is 405 g/mol.